The summed E-state index contributed by atoms with van der Waals surface area (Å²) in [6, 6.07) is 10.4. The molecule has 1 aliphatic heterocycles. The topological polar surface area (TPSA) is 54.0 Å². The molecule has 5 nitrogen and oxygen atoms in total. The molecule has 0 aliphatic carbocycles. The van der Waals surface area contributed by atoms with Crippen LogP contribution in [0.3, 0.4) is 0 Å². The first kappa shape index (κ1) is 18.1. The number of benzene rings is 2. The van der Waals surface area contributed by atoms with Gasteiger partial charge in [0.05, 0.1) is 17.5 Å². The minimum atomic E-state index is -0.501. The highest BCUT2D eigenvalue weighted by atomic mass is 79.9. The van der Waals surface area contributed by atoms with Gasteiger partial charge in [0, 0.05) is 10.0 Å². The summed E-state index contributed by atoms with van der Waals surface area (Å²) >= 11 is 7.05. The normalized spacial score (nSPS) is 14.7. The van der Waals surface area contributed by atoms with Crippen molar-refractivity contribution in [2.45, 2.75) is 17.9 Å². The highest BCUT2D eigenvalue weighted by Crippen LogP contribution is 2.41. The summed E-state index contributed by atoms with van der Waals surface area (Å²) in [5.41, 5.74) is 1.26. The zero-order chi connectivity index (χ0) is 18.0. The third-order valence-corrected chi connectivity index (χ3v) is 4.94. The van der Waals surface area contributed by atoms with Crippen molar-refractivity contribution in [1.29, 1.82) is 0 Å². The number of rotatable bonds is 5. The van der Waals surface area contributed by atoms with E-state index in [1.165, 1.54) is 0 Å². The monoisotopic (exact) mass is 470 g/mol. The van der Waals surface area contributed by atoms with Crippen LogP contribution in [0.1, 0.15) is 28.9 Å². The summed E-state index contributed by atoms with van der Waals surface area (Å²) < 4.78 is 22.4. The molecule has 0 saturated heterocycles. The zero-order valence-electron chi connectivity index (χ0n) is 13.6. The number of hydrogen-bond donors (Lipinski definition) is 0. The molecule has 1 heterocycles. The van der Waals surface area contributed by atoms with Gasteiger partial charge in [-0.25, -0.2) is 4.79 Å². The van der Waals surface area contributed by atoms with Crippen LogP contribution in [0.25, 0.3) is 0 Å². The maximum Gasteiger partial charge on any atom is 0.338 e. The van der Waals surface area contributed by atoms with Crippen LogP contribution < -0.4 is 14.2 Å². The van der Waals surface area contributed by atoms with Crippen LogP contribution in [0.4, 0.5) is 0 Å². The first-order valence-electron chi connectivity index (χ1n) is 7.57. The van der Waals surface area contributed by atoms with E-state index in [0.717, 1.165) is 10.0 Å². The van der Waals surface area contributed by atoms with Crippen molar-refractivity contribution in [3.8, 4) is 17.2 Å². The Hall–Kier alpha value is -1.73. The third-order valence-electron chi connectivity index (χ3n) is 3.78. The van der Waals surface area contributed by atoms with Crippen molar-refractivity contribution in [3.05, 3.63) is 52.0 Å². The van der Waals surface area contributed by atoms with Crippen LogP contribution >= 0.6 is 31.9 Å². The average Bonchev–Trinajstić information content (AvgIpc) is 3.06. The maximum absolute atomic E-state index is 12.5. The van der Waals surface area contributed by atoms with Crippen molar-refractivity contribution >= 4 is 37.8 Å². The Morgan fingerprint density at radius 3 is 2.40 bits per heavy atom. The van der Waals surface area contributed by atoms with Crippen molar-refractivity contribution in [1.82, 2.24) is 0 Å². The van der Waals surface area contributed by atoms with Gasteiger partial charge >= 0.3 is 5.97 Å². The van der Waals surface area contributed by atoms with E-state index < -0.39 is 12.1 Å². The van der Waals surface area contributed by atoms with Gasteiger partial charge in [-0.1, -0.05) is 31.9 Å². The zero-order valence-corrected chi connectivity index (χ0v) is 16.8. The van der Waals surface area contributed by atoms with Gasteiger partial charge in [-0.15, -0.1) is 0 Å². The van der Waals surface area contributed by atoms with Crippen LogP contribution in [0.5, 0.6) is 17.2 Å². The largest absolute Gasteiger partial charge is 0.497 e. The quantitative estimate of drug-likeness (QED) is 0.460. The van der Waals surface area contributed by atoms with E-state index in [4.69, 9.17) is 18.9 Å². The predicted octanol–water partition coefficient (Wildman–Crippen LogP) is 4.87. The molecule has 7 heteroatoms. The summed E-state index contributed by atoms with van der Waals surface area (Å²) in [4.78, 5) is 12.4. The Kier molecular flexibility index (Phi) is 5.54. The lowest BCUT2D eigenvalue weighted by Gasteiger charge is -2.22. The highest BCUT2D eigenvalue weighted by Gasteiger charge is 2.27. The molecular weight excluding hydrogens is 456 g/mol. The molecule has 0 bridgehead atoms. The van der Waals surface area contributed by atoms with Gasteiger partial charge in [0.1, 0.15) is 11.9 Å². The molecule has 0 amide bonds. The summed E-state index contributed by atoms with van der Waals surface area (Å²) in [6.45, 7) is 2.11. The average molecular weight is 472 g/mol. The fourth-order valence-corrected chi connectivity index (χ4v) is 3.41. The fraction of sp³-hybridized carbons (Fsp3) is 0.278. The van der Waals surface area contributed by atoms with Crippen LogP contribution in [-0.4, -0.2) is 24.7 Å². The van der Waals surface area contributed by atoms with E-state index in [1.54, 1.807) is 31.4 Å². The van der Waals surface area contributed by atoms with Gasteiger partial charge < -0.3 is 18.9 Å². The number of carbonyl (C=O) groups is 1. The van der Waals surface area contributed by atoms with E-state index in [1.807, 2.05) is 19.1 Å². The Balaban J connectivity index is 1.85. The lowest BCUT2D eigenvalue weighted by Crippen LogP contribution is -2.18. The lowest BCUT2D eigenvalue weighted by atomic mass is 10.1. The summed E-state index contributed by atoms with van der Waals surface area (Å²) in [5, 5.41) is 0. The Bertz CT molecular complexity index is 774. The summed E-state index contributed by atoms with van der Waals surface area (Å²) in [6.07, 6.45) is -0.501. The van der Waals surface area contributed by atoms with Gasteiger partial charge in [-0.3, -0.25) is 0 Å². The van der Waals surface area contributed by atoms with Crippen LogP contribution in [0.15, 0.2) is 40.9 Å². The Labute approximate surface area is 162 Å². The van der Waals surface area contributed by atoms with E-state index in [9.17, 15) is 4.79 Å². The number of ether oxygens (including phenoxy) is 4. The Morgan fingerprint density at radius 1 is 1.16 bits per heavy atom. The number of alkyl halides is 1. The SMILES string of the molecule is COc1ccc(C(=O)O[C@H](c2cc3c(cc2Br)OCO3)[C@@H](C)Br)cc1. The lowest BCUT2D eigenvalue weighted by molar-refractivity contribution is 0.0302. The van der Waals surface area contributed by atoms with E-state index in [0.29, 0.717) is 22.8 Å². The molecule has 0 N–H and O–H groups in total. The smallest absolute Gasteiger partial charge is 0.338 e. The van der Waals surface area contributed by atoms with Crippen molar-refractivity contribution in [2.24, 2.45) is 0 Å². The van der Waals surface area contributed by atoms with Gasteiger partial charge in [-0.05, 0) is 43.3 Å². The standard InChI is InChI=1S/C18H16Br2O5/c1-10(19)17(13-7-15-16(8-14(13)20)24-9-23-15)25-18(21)11-3-5-12(22-2)6-4-11/h3-8,10,17H,9H2,1-2H3/t10-,17+/m1/s1. The number of fused-ring (bicyclic) bond motifs is 1. The van der Waals surface area contributed by atoms with Gasteiger partial charge in [0.15, 0.2) is 11.5 Å². The van der Waals surface area contributed by atoms with Crippen molar-refractivity contribution < 1.29 is 23.7 Å². The first-order chi connectivity index (χ1) is 12.0. The summed E-state index contributed by atoms with van der Waals surface area (Å²) in [7, 11) is 1.58. The molecule has 0 saturated carbocycles. The van der Waals surface area contributed by atoms with Crippen molar-refractivity contribution in [2.75, 3.05) is 13.9 Å². The molecule has 2 atom stereocenters. The molecule has 0 radical (unpaired) electrons. The maximum atomic E-state index is 12.5. The Morgan fingerprint density at radius 2 is 1.80 bits per heavy atom. The second-order valence-electron chi connectivity index (χ2n) is 5.46. The third kappa shape index (κ3) is 3.93. The molecule has 0 spiro atoms. The van der Waals surface area contributed by atoms with Crippen LogP contribution in [-0.2, 0) is 4.74 Å². The van der Waals surface area contributed by atoms with E-state index in [2.05, 4.69) is 31.9 Å². The molecule has 0 fully saturated rings. The molecule has 1 aliphatic rings. The number of hydrogen-bond acceptors (Lipinski definition) is 5. The minimum absolute atomic E-state index is 0.105. The molecule has 2 aromatic carbocycles. The highest BCUT2D eigenvalue weighted by molar-refractivity contribution is 9.10. The number of methoxy groups -OCH3 is 1. The van der Waals surface area contributed by atoms with Gasteiger partial charge in [0.2, 0.25) is 6.79 Å². The number of carbonyl (C=O) groups excluding carboxylic acids is 1. The molecular formula is C18H16Br2O5. The second kappa shape index (κ2) is 7.66. The summed E-state index contributed by atoms with van der Waals surface area (Å²) in [5.74, 6) is 1.57. The van der Waals surface area contributed by atoms with E-state index >= 15 is 0 Å². The van der Waals surface area contributed by atoms with E-state index in [-0.39, 0.29) is 11.6 Å². The van der Waals surface area contributed by atoms with Crippen molar-refractivity contribution in [3.63, 3.8) is 0 Å². The molecule has 3 rings (SSSR count). The fourth-order valence-electron chi connectivity index (χ4n) is 2.47. The van der Waals surface area contributed by atoms with Crippen LogP contribution in [0, 0.1) is 0 Å². The first-order valence-corrected chi connectivity index (χ1v) is 9.28. The second-order valence-corrected chi connectivity index (χ2v) is 7.76. The van der Waals surface area contributed by atoms with Gasteiger partial charge in [-0.2, -0.15) is 0 Å². The number of esters is 1. The molecule has 132 valence electrons. The minimum Gasteiger partial charge on any atom is -0.497 e. The molecule has 0 unspecified atom stereocenters. The predicted molar refractivity (Wildman–Crippen MR) is 99.8 cm³/mol. The molecule has 2 aromatic rings. The number of halogens is 2. The van der Waals surface area contributed by atoms with Crippen LogP contribution in [0.2, 0.25) is 0 Å². The van der Waals surface area contributed by atoms with Gasteiger partial charge in [0.25, 0.3) is 0 Å². The molecule has 0 aromatic heterocycles. The molecule has 25 heavy (non-hydrogen) atoms.